The van der Waals surface area contributed by atoms with E-state index in [9.17, 15) is 0 Å². The Morgan fingerprint density at radius 2 is 1.76 bits per heavy atom. The number of hydrogen-bond acceptors (Lipinski definition) is 3. The van der Waals surface area contributed by atoms with Crippen LogP contribution in [-0.4, -0.2) is 19.5 Å². The SMILES string of the molecule is C=C(COCc1ccc(OC)cc1)CSc1ccccc1. The van der Waals surface area contributed by atoms with Crippen LogP contribution in [0.25, 0.3) is 0 Å². The van der Waals surface area contributed by atoms with E-state index in [1.807, 2.05) is 42.5 Å². The fraction of sp³-hybridized carbons (Fsp3) is 0.222. The Kier molecular flexibility index (Phi) is 6.38. The Morgan fingerprint density at radius 1 is 1.05 bits per heavy atom. The molecule has 0 fully saturated rings. The molecular weight excluding hydrogens is 280 g/mol. The Labute approximate surface area is 130 Å². The Bertz CT molecular complexity index is 549. The average molecular weight is 300 g/mol. The van der Waals surface area contributed by atoms with Crippen LogP contribution in [0.5, 0.6) is 5.75 Å². The van der Waals surface area contributed by atoms with Gasteiger partial charge in [0.05, 0.1) is 20.3 Å². The Balaban J connectivity index is 1.66. The number of hydrogen-bond donors (Lipinski definition) is 0. The molecule has 0 aliphatic carbocycles. The molecule has 0 amide bonds. The third kappa shape index (κ3) is 5.66. The molecule has 2 aromatic rings. The van der Waals surface area contributed by atoms with Crippen molar-refractivity contribution in [3.63, 3.8) is 0 Å². The fourth-order valence-electron chi connectivity index (χ4n) is 1.78. The summed E-state index contributed by atoms with van der Waals surface area (Å²) >= 11 is 1.78. The van der Waals surface area contributed by atoms with Gasteiger partial charge in [-0.15, -0.1) is 11.8 Å². The van der Waals surface area contributed by atoms with Crippen LogP contribution in [0, 0.1) is 0 Å². The van der Waals surface area contributed by atoms with Gasteiger partial charge in [-0.05, 0) is 35.4 Å². The normalized spacial score (nSPS) is 10.3. The van der Waals surface area contributed by atoms with Crippen molar-refractivity contribution in [3.05, 3.63) is 72.3 Å². The van der Waals surface area contributed by atoms with Crippen molar-refractivity contribution in [1.29, 1.82) is 0 Å². The van der Waals surface area contributed by atoms with Crippen LogP contribution in [0.3, 0.4) is 0 Å². The van der Waals surface area contributed by atoms with Gasteiger partial charge in [0.25, 0.3) is 0 Å². The van der Waals surface area contributed by atoms with Crippen molar-refractivity contribution in [2.75, 3.05) is 19.5 Å². The maximum Gasteiger partial charge on any atom is 0.118 e. The molecule has 21 heavy (non-hydrogen) atoms. The van der Waals surface area contributed by atoms with Gasteiger partial charge in [-0.25, -0.2) is 0 Å². The highest BCUT2D eigenvalue weighted by atomic mass is 32.2. The summed E-state index contributed by atoms with van der Waals surface area (Å²) in [7, 11) is 1.67. The topological polar surface area (TPSA) is 18.5 Å². The van der Waals surface area contributed by atoms with E-state index in [1.54, 1.807) is 18.9 Å². The molecule has 0 aliphatic heterocycles. The fourth-order valence-corrected chi connectivity index (χ4v) is 2.58. The van der Waals surface area contributed by atoms with Crippen molar-refractivity contribution >= 4 is 11.8 Å². The molecule has 0 saturated heterocycles. The summed E-state index contributed by atoms with van der Waals surface area (Å²) in [5.74, 6) is 1.74. The summed E-state index contributed by atoms with van der Waals surface area (Å²) in [4.78, 5) is 1.26. The molecule has 0 bridgehead atoms. The molecule has 0 radical (unpaired) electrons. The summed E-state index contributed by atoms with van der Waals surface area (Å²) in [6.45, 7) is 5.25. The van der Waals surface area contributed by atoms with Gasteiger partial charge in [0.15, 0.2) is 0 Å². The van der Waals surface area contributed by atoms with E-state index in [0.717, 1.165) is 22.6 Å². The first-order valence-electron chi connectivity index (χ1n) is 6.83. The molecule has 0 atom stereocenters. The predicted octanol–water partition coefficient (Wildman–Crippen LogP) is 4.56. The zero-order valence-electron chi connectivity index (χ0n) is 12.2. The van der Waals surface area contributed by atoms with Crippen LogP contribution in [0.15, 0.2) is 71.6 Å². The van der Waals surface area contributed by atoms with Gasteiger partial charge in [0.1, 0.15) is 5.75 Å². The molecule has 2 nitrogen and oxygen atoms in total. The largest absolute Gasteiger partial charge is 0.497 e. The van der Waals surface area contributed by atoms with Gasteiger partial charge in [-0.3, -0.25) is 0 Å². The first-order valence-corrected chi connectivity index (χ1v) is 7.81. The van der Waals surface area contributed by atoms with E-state index in [0.29, 0.717) is 13.2 Å². The molecule has 0 aromatic heterocycles. The molecule has 3 heteroatoms. The van der Waals surface area contributed by atoms with Crippen LogP contribution < -0.4 is 4.74 Å². The van der Waals surface area contributed by atoms with Crippen LogP contribution >= 0.6 is 11.8 Å². The summed E-state index contributed by atoms with van der Waals surface area (Å²) in [5, 5.41) is 0. The molecule has 0 spiro atoms. The third-order valence-electron chi connectivity index (χ3n) is 2.92. The molecule has 0 saturated carbocycles. The van der Waals surface area contributed by atoms with Crippen molar-refractivity contribution in [2.45, 2.75) is 11.5 Å². The molecule has 0 aliphatic rings. The lowest BCUT2D eigenvalue weighted by Crippen LogP contribution is -2.00. The second-order valence-corrected chi connectivity index (χ2v) is 5.74. The molecular formula is C18H20O2S. The number of rotatable bonds is 8. The number of benzene rings is 2. The summed E-state index contributed by atoms with van der Waals surface area (Å²) in [6, 6.07) is 18.2. The quantitative estimate of drug-likeness (QED) is 0.526. The highest BCUT2D eigenvalue weighted by molar-refractivity contribution is 7.99. The van der Waals surface area contributed by atoms with Gasteiger partial charge in [0.2, 0.25) is 0 Å². The lowest BCUT2D eigenvalue weighted by atomic mass is 10.2. The molecule has 0 unspecified atom stereocenters. The molecule has 2 aromatic carbocycles. The van der Waals surface area contributed by atoms with Crippen molar-refractivity contribution in [2.24, 2.45) is 0 Å². The van der Waals surface area contributed by atoms with Gasteiger partial charge in [0, 0.05) is 10.6 Å². The van der Waals surface area contributed by atoms with E-state index >= 15 is 0 Å². The second kappa shape index (κ2) is 8.55. The van der Waals surface area contributed by atoms with Gasteiger partial charge in [-0.2, -0.15) is 0 Å². The third-order valence-corrected chi connectivity index (χ3v) is 4.08. The zero-order chi connectivity index (χ0) is 14.9. The smallest absolute Gasteiger partial charge is 0.118 e. The van der Waals surface area contributed by atoms with Gasteiger partial charge < -0.3 is 9.47 Å². The van der Waals surface area contributed by atoms with Crippen LogP contribution in [0.2, 0.25) is 0 Å². The molecule has 2 rings (SSSR count). The van der Waals surface area contributed by atoms with Crippen LogP contribution in [0.4, 0.5) is 0 Å². The summed E-state index contributed by atoms with van der Waals surface area (Å²) in [5.41, 5.74) is 2.23. The average Bonchev–Trinajstić information content (AvgIpc) is 2.54. The van der Waals surface area contributed by atoms with Crippen LogP contribution in [-0.2, 0) is 11.3 Å². The number of thioether (sulfide) groups is 1. The van der Waals surface area contributed by atoms with E-state index in [1.165, 1.54) is 4.90 Å². The van der Waals surface area contributed by atoms with Crippen molar-refractivity contribution < 1.29 is 9.47 Å². The first-order chi connectivity index (χ1) is 10.3. The van der Waals surface area contributed by atoms with E-state index in [2.05, 4.69) is 18.7 Å². The van der Waals surface area contributed by atoms with Crippen molar-refractivity contribution in [3.8, 4) is 5.75 Å². The maximum atomic E-state index is 5.69. The Morgan fingerprint density at radius 3 is 2.43 bits per heavy atom. The van der Waals surface area contributed by atoms with Gasteiger partial charge in [-0.1, -0.05) is 36.9 Å². The highest BCUT2D eigenvalue weighted by Gasteiger charge is 1.99. The number of methoxy groups -OCH3 is 1. The minimum absolute atomic E-state index is 0.589. The standard InChI is InChI=1S/C18H20O2S/c1-15(14-21-18-6-4-3-5-7-18)12-20-13-16-8-10-17(19-2)11-9-16/h3-11H,1,12-14H2,2H3. The highest BCUT2D eigenvalue weighted by Crippen LogP contribution is 2.19. The maximum absolute atomic E-state index is 5.69. The van der Waals surface area contributed by atoms with E-state index < -0.39 is 0 Å². The minimum atomic E-state index is 0.589. The van der Waals surface area contributed by atoms with Gasteiger partial charge >= 0.3 is 0 Å². The second-order valence-electron chi connectivity index (χ2n) is 4.69. The summed E-state index contributed by atoms with van der Waals surface area (Å²) < 4.78 is 10.8. The molecule has 0 N–H and O–H groups in total. The lowest BCUT2D eigenvalue weighted by Gasteiger charge is -2.08. The van der Waals surface area contributed by atoms with Crippen molar-refractivity contribution in [1.82, 2.24) is 0 Å². The van der Waals surface area contributed by atoms with E-state index in [4.69, 9.17) is 9.47 Å². The molecule has 110 valence electrons. The molecule has 0 heterocycles. The monoisotopic (exact) mass is 300 g/mol. The minimum Gasteiger partial charge on any atom is -0.497 e. The van der Waals surface area contributed by atoms with E-state index in [-0.39, 0.29) is 0 Å². The first kappa shape index (κ1) is 15.7. The predicted molar refractivity (Wildman–Crippen MR) is 89.0 cm³/mol. The zero-order valence-corrected chi connectivity index (χ0v) is 13.1. The lowest BCUT2D eigenvalue weighted by molar-refractivity contribution is 0.143. The number of ether oxygens (including phenoxy) is 2. The van der Waals surface area contributed by atoms with Crippen LogP contribution in [0.1, 0.15) is 5.56 Å². The Hall–Kier alpha value is -1.71. The summed E-state index contributed by atoms with van der Waals surface area (Å²) in [6.07, 6.45) is 0.